The predicted molar refractivity (Wildman–Crippen MR) is 78.2 cm³/mol. The Morgan fingerprint density at radius 2 is 1.79 bits per heavy atom. The number of anilines is 1. The molecule has 0 bridgehead atoms. The van der Waals surface area contributed by atoms with Crippen LogP contribution in [0, 0.1) is 0 Å². The lowest BCUT2D eigenvalue weighted by molar-refractivity contribution is 0.0941. The second kappa shape index (κ2) is 5.76. The first kappa shape index (κ1) is 13.4. The summed E-state index contributed by atoms with van der Waals surface area (Å²) in [4.78, 5) is 12.1. The zero-order valence-corrected chi connectivity index (χ0v) is 11.3. The van der Waals surface area contributed by atoms with Gasteiger partial charge in [-0.05, 0) is 30.7 Å². The van der Waals surface area contributed by atoms with Gasteiger partial charge in [0.1, 0.15) is 0 Å². The number of halogens is 1. The lowest BCUT2D eigenvalue weighted by atomic mass is 10.1. The van der Waals surface area contributed by atoms with Crippen LogP contribution < -0.4 is 11.1 Å². The molecule has 2 rings (SSSR count). The summed E-state index contributed by atoms with van der Waals surface area (Å²) in [5, 5.41) is 3.53. The maximum Gasteiger partial charge on any atom is 0.253 e. The Labute approximate surface area is 117 Å². The van der Waals surface area contributed by atoms with E-state index in [-0.39, 0.29) is 11.9 Å². The summed E-state index contributed by atoms with van der Waals surface area (Å²) >= 11 is 6.10. The summed E-state index contributed by atoms with van der Waals surface area (Å²) in [7, 11) is 0. The van der Waals surface area contributed by atoms with E-state index < -0.39 is 0 Å². The highest BCUT2D eigenvalue weighted by Crippen LogP contribution is 2.22. The van der Waals surface area contributed by atoms with Gasteiger partial charge in [0, 0.05) is 10.7 Å². The topological polar surface area (TPSA) is 55.1 Å². The summed E-state index contributed by atoms with van der Waals surface area (Å²) in [6.07, 6.45) is 0. The van der Waals surface area contributed by atoms with Crippen molar-refractivity contribution in [2.24, 2.45) is 0 Å². The van der Waals surface area contributed by atoms with Crippen LogP contribution in [0.2, 0.25) is 5.02 Å². The van der Waals surface area contributed by atoms with Crippen LogP contribution in [0.4, 0.5) is 5.69 Å². The predicted octanol–water partition coefficient (Wildman–Crippen LogP) is 3.41. The van der Waals surface area contributed by atoms with Crippen molar-refractivity contribution in [3.05, 3.63) is 64.7 Å². The fourth-order valence-electron chi connectivity index (χ4n) is 1.88. The van der Waals surface area contributed by atoms with Crippen molar-refractivity contribution in [3.8, 4) is 0 Å². The number of hydrogen-bond acceptors (Lipinski definition) is 2. The van der Waals surface area contributed by atoms with Crippen molar-refractivity contribution >= 4 is 23.2 Å². The zero-order chi connectivity index (χ0) is 13.8. The normalized spacial score (nSPS) is 11.9. The van der Waals surface area contributed by atoms with E-state index >= 15 is 0 Å². The highest BCUT2D eigenvalue weighted by Gasteiger charge is 2.14. The monoisotopic (exact) mass is 274 g/mol. The van der Waals surface area contributed by atoms with Crippen LogP contribution in [0.3, 0.4) is 0 Å². The van der Waals surface area contributed by atoms with Crippen LogP contribution in [-0.4, -0.2) is 5.91 Å². The molecule has 0 fully saturated rings. The number of hydrogen-bond donors (Lipinski definition) is 2. The highest BCUT2D eigenvalue weighted by atomic mass is 35.5. The van der Waals surface area contributed by atoms with Gasteiger partial charge in [0.15, 0.2) is 0 Å². The van der Waals surface area contributed by atoms with Crippen molar-refractivity contribution in [2.75, 3.05) is 5.73 Å². The molecule has 0 aliphatic heterocycles. The summed E-state index contributed by atoms with van der Waals surface area (Å²) in [6.45, 7) is 1.89. The minimum Gasteiger partial charge on any atom is -0.398 e. The third-order valence-corrected chi connectivity index (χ3v) is 3.27. The molecule has 0 saturated heterocycles. The lowest BCUT2D eigenvalue weighted by Gasteiger charge is -2.16. The van der Waals surface area contributed by atoms with Gasteiger partial charge in [-0.25, -0.2) is 0 Å². The van der Waals surface area contributed by atoms with Crippen LogP contribution in [0.1, 0.15) is 28.9 Å². The fourth-order valence-corrected chi connectivity index (χ4v) is 2.18. The van der Waals surface area contributed by atoms with E-state index in [1.807, 2.05) is 25.1 Å². The molecular formula is C15H15ClN2O. The van der Waals surface area contributed by atoms with Gasteiger partial charge in [-0.2, -0.15) is 0 Å². The minimum atomic E-state index is -0.203. The standard InChI is InChI=1S/C15H15ClN2O/c1-10(11-6-2-4-8-13(11)16)18-15(19)12-7-3-5-9-14(12)17/h2-10H,17H2,1H3,(H,18,19)/t10-/m1/s1. The highest BCUT2D eigenvalue weighted by molar-refractivity contribution is 6.31. The number of nitrogens with one attached hydrogen (secondary N) is 1. The van der Waals surface area contributed by atoms with E-state index in [4.69, 9.17) is 17.3 Å². The van der Waals surface area contributed by atoms with Crippen molar-refractivity contribution < 1.29 is 4.79 Å². The van der Waals surface area contributed by atoms with Crippen molar-refractivity contribution in [1.29, 1.82) is 0 Å². The largest absolute Gasteiger partial charge is 0.398 e. The molecule has 1 amide bonds. The third kappa shape index (κ3) is 3.06. The van der Waals surface area contributed by atoms with E-state index in [0.717, 1.165) is 5.56 Å². The molecule has 0 spiro atoms. The molecule has 2 aromatic carbocycles. The first-order chi connectivity index (χ1) is 9.09. The van der Waals surface area contributed by atoms with Crippen molar-refractivity contribution in [3.63, 3.8) is 0 Å². The van der Waals surface area contributed by atoms with Gasteiger partial charge < -0.3 is 11.1 Å². The van der Waals surface area contributed by atoms with Crippen LogP contribution >= 0.6 is 11.6 Å². The molecule has 3 nitrogen and oxygen atoms in total. The Hall–Kier alpha value is -2.00. The molecule has 98 valence electrons. The number of para-hydroxylation sites is 1. The average Bonchev–Trinajstić information content (AvgIpc) is 2.39. The molecule has 3 N–H and O–H groups in total. The summed E-state index contributed by atoms with van der Waals surface area (Å²) < 4.78 is 0. The van der Waals surface area contributed by atoms with Gasteiger partial charge >= 0.3 is 0 Å². The summed E-state index contributed by atoms with van der Waals surface area (Å²) in [5.41, 5.74) is 7.60. The number of rotatable bonds is 3. The maximum atomic E-state index is 12.1. The van der Waals surface area contributed by atoms with Crippen LogP contribution in [0.25, 0.3) is 0 Å². The van der Waals surface area contributed by atoms with Crippen LogP contribution in [0.15, 0.2) is 48.5 Å². The van der Waals surface area contributed by atoms with E-state index in [1.165, 1.54) is 0 Å². The first-order valence-electron chi connectivity index (χ1n) is 5.99. The molecule has 0 radical (unpaired) electrons. The Balaban J connectivity index is 2.16. The Bertz CT molecular complexity index is 598. The average molecular weight is 275 g/mol. The van der Waals surface area contributed by atoms with Gasteiger partial charge in [0.2, 0.25) is 0 Å². The zero-order valence-electron chi connectivity index (χ0n) is 10.6. The molecule has 4 heteroatoms. The number of carbonyl (C=O) groups is 1. The number of benzene rings is 2. The van der Waals surface area contributed by atoms with Gasteiger partial charge in [-0.1, -0.05) is 41.9 Å². The molecule has 0 aliphatic rings. The van der Waals surface area contributed by atoms with Crippen molar-refractivity contribution in [2.45, 2.75) is 13.0 Å². The molecule has 0 saturated carbocycles. The molecule has 1 atom stereocenters. The number of nitrogens with two attached hydrogens (primary N) is 1. The molecule has 19 heavy (non-hydrogen) atoms. The van der Waals surface area contributed by atoms with Gasteiger partial charge in [-0.3, -0.25) is 4.79 Å². The second-order valence-corrected chi connectivity index (χ2v) is 4.71. The number of amides is 1. The molecule has 2 aromatic rings. The quantitative estimate of drug-likeness (QED) is 0.843. The van der Waals surface area contributed by atoms with E-state index in [2.05, 4.69) is 5.32 Å². The summed E-state index contributed by atoms with van der Waals surface area (Å²) in [5.74, 6) is -0.203. The number of nitrogen functional groups attached to an aromatic ring is 1. The van der Waals surface area contributed by atoms with Crippen LogP contribution in [-0.2, 0) is 0 Å². The maximum absolute atomic E-state index is 12.1. The number of carbonyl (C=O) groups excluding carboxylic acids is 1. The molecule has 0 aliphatic carbocycles. The minimum absolute atomic E-state index is 0.180. The SMILES string of the molecule is C[C@@H](NC(=O)c1ccccc1N)c1ccccc1Cl. The second-order valence-electron chi connectivity index (χ2n) is 4.30. The molecule has 0 heterocycles. The lowest BCUT2D eigenvalue weighted by Crippen LogP contribution is -2.27. The molecule has 0 aromatic heterocycles. The van der Waals surface area contributed by atoms with Crippen LogP contribution in [0.5, 0.6) is 0 Å². The Kier molecular flexibility index (Phi) is 4.07. The summed E-state index contributed by atoms with van der Waals surface area (Å²) in [6, 6.07) is 14.2. The van der Waals surface area contributed by atoms with Gasteiger partial charge in [-0.15, -0.1) is 0 Å². The first-order valence-corrected chi connectivity index (χ1v) is 6.37. The fraction of sp³-hybridized carbons (Fsp3) is 0.133. The molecular weight excluding hydrogens is 260 g/mol. The van der Waals surface area contributed by atoms with E-state index in [0.29, 0.717) is 16.3 Å². The van der Waals surface area contributed by atoms with E-state index in [1.54, 1.807) is 30.3 Å². The van der Waals surface area contributed by atoms with E-state index in [9.17, 15) is 4.79 Å². The molecule has 0 unspecified atom stereocenters. The van der Waals surface area contributed by atoms with Crippen molar-refractivity contribution in [1.82, 2.24) is 5.32 Å². The smallest absolute Gasteiger partial charge is 0.253 e. The Morgan fingerprint density at radius 3 is 2.47 bits per heavy atom. The van der Waals surface area contributed by atoms with Gasteiger partial charge in [0.25, 0.3) is 5.91 Å². The third-order valence-electron chi connectivity index (χ3n) is 2.92. The van der Waals surface area contributed by atoms with Gasteiger partial charge in [0.05, 0.1) is 11.6 Å². The Morgan fingerprint density at radius 1 is 1.16 bits per heavy atom.